The monoisotopic (exact) mass is 469 g/mol. The Labute approximate surface area is 199 Å². The largest absolute Gasteiger partial charge is 0.497 e. The van der Waals surface area contributed by atoms with Crippen LogP contribution in [0.2, 0.25) is 0 Å². The van der Waals surface area contributed by atoms with Gasteiger partial charge in [0, 0.05) is 24.2 Å². The van der Waals surface area contributed by atoms with Crippen molar-refractivity contribution in [3.63, 3.8) is 0 Å². The minimum Gasteiger partial charge on any atom is -0.497 e. The van der Waals surface area contributed by atoms with Crippen molar-refractivity contribution in [1.82, 2.24) is 10.3 Å². The number of carbonyl (C=O) groups excluding carboxylic acids is 1. The van der Waals surface area contributed by atoms with Crippen LogP contribution in [-0.4, -0.2) is 67.0 Å². The summed E-state index contributed by atoms with van der Waals surface area (Å²) in [6.45, 7) is 4.90. The molecule has 0 bridgehead atoms. The number of hydrogen-bond acceptors (Lipinski definition) is 8. The van der Waals surface area contributed by atoms with Gasteiger partial charge in [-0.15, -0.1) is 0 Å². The highest BCUT2D eigenvalue weighted by atomic mass is 16.7. The first-order valence-electron chi connectivity index (χ1n) is 11.5. The average molecular weight is 470 g/mol. The second-order valence-electron chi connectivity index (χ2n) is 8.40. The van der Waals surface area contributed by atoms with Crippen LogP contribution in [0.25, 0.3) is 0 Å². The predicted octanol–water partition coefficient (Wildman–Crippen LogP) is 2.16. The summed E-state index contributed by atoms with van der Waals surface area (Å²) in [5, 5.41) is 16.4. The van der Waals surface area contributed by atoms with Crippen molar-refractivity contribution in [2.24, 2.45) is 5.16 Å². The number of pyridine rings is 1. The summed E-state index contributed by atoms with van der Waals surface area (Å²) in [5.41, 5.74) is 4.57. The van der Waals surface area contributed by atoms with Crippen LogP contribution in [0.4, 0.5) is 0 Å². The minimum absolute atomic E-state index is 0.0731. The zero-order valence-corrected chi connectivity index (χ0v) is 19.7. The van der Waals surface area contributed by atoms with E-state index in [1.165, 1.54) is 0 Å². The Bertz CT molecular complexity index is 1030. The summed E-state index contributed by atoms with van der Waals surface area (Å²) < 4.78 is 16.6. The molecule has 0 saturated carbocycles. The first-order valence-corrected chi connectivity index (χ1v) is 11.5. The lowest BCUT2D eigenvalue weighted by atomic mass is 9.99. The van der Waals surface area contributed by atoms with Crippen LogP contribution in [0.5, 0.6) is 5.75 Å². The van der Waals surface area contributed by atoms with Gasteiger partial charge in [0.25, 0.3) is 5.91 Å². The molecule has 0 spiro atoms. The van der Waals surface area contributed by atoms with Gasteiger partial charge in [0.05, 0.1) is 32.6 Å². The van der Waals surface area contributed by atoms with Gasteiger partial charge >= 0.3 is 0 Å². The molecular weight excluding hydrogens is 438 g/mol. The second kappa shape index (κ2) is 10.9. The van der Waals surface area contributed by atoms with E-state index in [0.29, 0.717) is 49.6 Å². The highest BCUT2D eigenvalue weighted by molar-refractivity contribution is 6.03. The van der Waals surface area contributed by atoms with Crippen LogP contribution in [-0.2, 0) is 27.3 Å². The number of aromatic nitrogens is 1. The van der Waals surface area contributed by atoms with E-state index in [1.807, 2.05) is 38.1 Å². The Morgan fingerprint density at radius 3 is 2.65 bits per heavy atom. The lowest BCUT2D eigenvalue weighted by molar-refractivity contribution is -0.178. The minimum atomic E-state index is -0.303. The van der Waals surface area contributed by atoms with Gasteiger partial charge in [-0.25, -0.2) is 0 Å². The van der Waals surface area contributed by atoms with Crippen LogP contribution >= 0.6 is 0 Å². The molecule has 1 amide bonds. The third-order valence-electron chi connectivity index (χ3n) is 6.14. The lowest BCUT2D eigenvalue weighted by Gasteiger charge is -2.30. The zero-order valence-electron chi connectivity index (χ0n) is 19.7. The number of carbonyl (C=O) groups is 1. The molecule has 9 heteroatoms. The molecule has 2 aromatic rings. The average Bonchev–Trinajstić information content (AvgIpc) is 3.37. The maximum absolute atomic E-state index is 13.1. The van der Waals surface area contributed by atoms with Crippen molar-refractivity contribution in [2.45, 2.75) is 51.5 Å². The summed E-state index contributed by atoms with van der Waals surface area (Å²) in [6, 6.07) is 9.38. The Hall–Kier alpha value is -3.01. The molecule has 3 atom stereocenters. The quantitative estimate of drug-likeness (QED) is 0.609. The van der Waals surface area contributed by atoms with Gasteiger partial charge in [0.15, 0.2) is 6.10 Å². The van der Waals surface area contributed by atoms with Crippen LogP contribution in [0.3, 0.4) is 0 Å². The number of aliphatic hydroxyl groups excluding tert-OH is 1. The Balaban J connectivity index is 1.45. The summed E-state index contributed by atoms with van der Waals surface area (Å²) in [7, 11) is 1.62. The number of nitrogens with zero attached hydrogens (tertiary/aromatic N) is 2. The Morgan fingerprint density at radius 1 is 1.21 bits per heavy atom. The molecule has 1 aromatic heterocycles. The first-order chi connectivity index (χ1) is 16.5. The summed E-state index contributed by atoms with van der Waals surface area (Å²) in [4.78, 5) is 23.4. The van der Waals surface area contributed by atoms with E-state index >= 15 is 0 Å². The Kier molecular flexibility index (Phi) is 7.77. The summed E-state index contributed by atoms with van der Waals surface area (Å²) in [5.74, 6) is 0.614. The fourth-order valence-electron chi connectivity index (χ4n) is 4.14. The number of rotatable bonds is 8. The van der Waals surface area contributed by atoms with Crippen molar-refractivity contribution < 1.29 is 28.9 Å². The van der Waals surface area contributed by atoms with E-state index in [-0.39, 0.29) is 30.8 Å². The number of amides is 1. The third-order valence-corrected chi connectivity index (χ3v) is 6.14. The van der Waals surface area contributed by atoms with E-state index in [2.05, 4.69) is 10.5 Å². The molecule has 0 radical (unpaired) electrons. The molecule has 4 rings (SSSR count). The maximum atomic E-state index is 13.1. The van der Waals surface area contributed by atoms with Crippen molar-refractivity contribution in [3.05, 3.63) is 58.4 Å². The highest BCUT2D eigenvalue weighted by Gasteiger charge is 2.35. The molecule has 34 heavy (non-hydrogen) atoms. The number of methoxy groups -OCH3 is 1. The maximum Gasteiger partial charge on any atom is 0.251 e. The van der Waals surface area contributed by atoms with Crippen LogP contribution in [0.15, 0.2) is 35.5 Å². The number of hydrogen-bond donors (Lipinski definition) is 2. The highest BCUT2D eigenvalue weighted by Crippen LogP contribution is 2.25. The molecule has 9 nitrogen and oxygen atoms in total. The smallest absolute Gasteiger partial charge is 0.251 e. The first kappa shape index (κ1) is 24.1. The van der Waals surface area contributed by atoms with E-state index in [1.54, 1.807) is 13.2 Å². The molecule has 1 saturated heterocycles. The molecule has 2 N–H and O–H groups in total. The van der Waals surface area contributed by atoms with Crippen LogP contribution in [0, 0.1) is 6.92 Å². The molecule has 3 unspecified atom stereocenters. The van der Waals surface area contributed by atoms with Crippen molar-refractivity contribution in [2.75, 3.05) is 26.9 Å². The van der Waals surface area contributed by atoms with Crippen molar-refractivity contribution in [1.29, 1.82) is 0 Å². The van der Waals surface area contributed by atoms with Crippen LogP contribution < -0.4 is 10.1 Å². The molecule has 2 aliphatic heterocycles. The van der Waals surface area contributed by atoms with E-state index in [9.17, 15) is 9.90 Å². The van der Waals surface area contributed by atoms with Gasteiger partial charge in [-0.1, -0.05) is 24.2 Å². The van der Waals surface area contributed by atoms with Gasteiger partial charge < -0.3 is 29.5 Å². The summed E-state index contributed by atoms with van der Waals surface area (Å²) in [6.07, 6.45) is 0.322. The fraction of sp³-hybridized carbons (Fsp3) is 0.480. The molecule has 2 aliphatic rings. The number of oxime groups is 1. The SMILES string of the molecule is CCc1c(C(=O)NCc2ccc(OC)cc2)cc(C2=NOC(C3COC(CO)CO3)C2)nc1C. The standard InChI is InChI=1S/C25H31N3O6/c1-4-19-15(2)27-21(22-10-23(34-28-22)24-14-32-18(12-29)13-33-24)9-20(19)25(30)26-11-16-5-7-17(31-3)8-6-16/h5-9,18,23-24,29H,4,10-14H2,1-3H3,(H,26,30). The number of benzene rings is 1. The van der Waals surface area contributed by atoms with Gasteiger partial charge in [-0.2, -0.15) is 0 Å². The number of nitrogens with one attached hydrogen (secondary N) is 1. The van der Waals surface area contributed by atoms with Crippen LogP contribution in [0.1, 0.15) is 46.2 Å². The normalized spacial score (nSPS) is 22.1. The predicted molar refractivity (Wildman–Crippen MR) is 125 cm³/mol. The van der Waals surface area contributed by atoms with Gasteiger partial charge in [0.1, 0.15) is 23.7 Å². The Morgan fingerprint density at radius 2 is 2.00 bits per heavy atom. The molecule has 3 heterocycles. The molecule has 1 aromatic carbocycles. The molecule has 0 aliphatic carbocycles. The lowest BCUT2D eigenvalue weighted by Crippen LogP contribution is -2.43. The van der Waals surface area contributed by atoms with E-state index in [4.69, 9.17) is 24.0 Å². The second-order valence-corrected chi connectivity index (χ2v) is 8.40. The number of aryl methyl sites for hydroxylation is 1. The van der Waals surface area contributed by atoms with E-state index < -0.39 is 0 Å². The third kappa shape index (κ3) is 5.38. The van der Waals surface area contributed by atoms with E-state index in [0.717, 1.165) is 22.6 Å². The number of ether oxygens (including phenoxy) is 3. The molecule has 182 valence electrons. The number of aliphatic hydroxyl groups is 1. The van der Waals surface area contributed by atoms with Gasteiger partial charge in [-0.3, -0.25) is 9.78 Å². The van der Waals surface area contributed by atoms with Crippen molar-refractivity contribution in [3.8, 4) is 5.75 Å². The summed E-state index contributed by atoms with van der Waals surface area (Å²) >= 11 is 0. The van der Waals surface area contributed by atoms with Gasteiger partial charge in [0.2, 0.25) is 0 Å². The molecule has 1 fully saturated rings. The van der Waals surface area contributed by atoms with Crippen molar-refractivity contribution >= 4 is 11.6 Å². The fourth-order valence-corrected chi connectivity index (χ4v) is 4.14. The molecular formula is C25H31N3O6. The van der Waals surface area contributed by atoms with Gasteiger partial charge in [-0.05, 0) is 42.7 Å². The topological polar surface area (TPSA) is 112 Å². The zero-order chi connectivity index (χ0) is 24.1.